The van der Waals surface area contributed by atoms with Crippen molar-refractivity contribution in [1.82, 2.24) is 4.98 Å². The molecule has 1 aliphatic carbocycles. The van der Waals surface area contributed by atoms with Gasteiger partial charge in [0.2, 0.25) is 0 Å². The molecule has 0 amide bonds. The van der Waals surface area contributed by atoms with E-state index in [1.807, 2.05) is 0 Å². The van der Waals surface area contributed by atoms with Gasteiger partial charge in [0.15, 0.2) is 17.8 Å². The van der Waals surface area contributed by atoms with Crippen LogP contribution in [-0.4, -0.2) is 16.0 Å². The standard InChI is InChI=1S/C8H7FN2O3/c9-6-3-8(11(12)13)10-4-7(6)14-5-1-2-5/h3-5H,1-2H2. The van der Waals surface area contributed by atoms with Gasteiger partial charge in [0, 0.05) is 0 Å². The van der Waals surface area contributed by atoms with E-state index in [1.165, 1.54) is 0 Å². The summed E-state index contributed by atoms with van der Waals surface area (Å²) in [6.45, 7) is 0. The Labute approximate surface area is 78.7 Å². The Kier molecular flexibility index (Phi) is 2.03. The fourth-order valence-electron chi connectivity index (χ4n) is 0.960. The lowest BCUT2D eigenvalue weighted by atomic mass is 10.4. The van der Waals surface area contributed by atoms with E-state index in [2.05, 4.69) is 4.98 Å². The first-order valence-electron chi connectivity index (χ1n) is 4.13. The third kappa shape index (κ3) is 1.78. The van der Waals surface area contributed by atoms with Crippen LogP contribution in [0, 0.1) is 15.9 Å². The summed E-state index contributed by atoms with van der Waals surface area (Å²) in [6, 6.07) is 0.762. The third-order valence-electron chi connectivity index (χ3n) is 1.81. The normalized spacial score (nSPS) is 15.2. The Morgan fingerprint density at radius 1 is 1.64 bits per heavy atom. The summed E-state index contributed by atoms with van der Waals surface area (Å²) in [4.78, 5) is 12.9. The van der Waals surface area contributed by atoms with Crippen molar-refractivity contribution in [1.29, 1.82) is 0 Å². The molecule has 0 spiro atoms. The smallest absolute Gasteiger partial charge is 0.366 e. The van der Waals surface area contributed by atoms with Gasteiger partial charge in [-0.1, -0.05) is 0 Å². The van der Waals surface area contributed by atoms with Crippen molar-refractivity contribution >= 4 is 5.82 Å². The molecule has 1 aliphatic rings. The minimum absolute atomic E-state index is 0.0156. The summed E-state index contributed by atoms with van der Waals surface area (Å²) < 4.78 is 18.3. The number of nitrogens with zero attached hydrogens (tertiary/aromatic N) is 2. The number of nitro groups is 1. The Hall–Kier alpha value is -1.72. The molecule has 0 aliphatic heterocycles. The number of rotatable bonds is 3. The molecule has 74 valence electrons. The fraction of sp³-hybridized carbons (Fsp3) is 0.375. The van der Waals surface area contributed by atoms with Gasteiger partial charge in [-0.05, 0) is 22.7 Å². The lowest BCUT2D eigenvalue weighted by Gasteiger charge is -2.02. The van der Waals surface area contributed by atoms with Crippen LogP contribution in [0.15, 0.2) is 12.3 Å². The van der Waals surface area contributed by atoms with Crippen molar-refractivity contribution in [2.75, 3.05) is 0 Å². The van der Waals surface area contributed by atoms with Crippen molar-refractivity contribution in [3.05, 3.63) is 28.2 Å². The zero-order chi connectivity index (χ0) is 10.1. The molecule has 0 unspecified atom stereocenters. The molecular formula is C8H7FN2O3. The van der Waals surface area contributed by atoms with Crippen LogP contribution >= 0.6 is 0 Å². The fourth-order valence-corrected chi connectivity index (χ4v) is 0.960. The van der Waals surface area contributed by atoms with Gasteiger partial charge in [0.1, 0.15) is 0 Å². The predicted molar refractivity (Wildman–Crippen MR) is 44.5 cm³/mol. The number of pyridine rings is 1. The minimum Gasteiger partial charge on any atom is -0.484 e. The molecule has 2 rings (SSSR count). The van der Waals surface area contributed by atoms with Gasteiger partial charge in [-0.15, -0.1) is 0 Å². The van der Waals surface area contributed by atoms with E-state index in [9.17, 15) is 14.5 Å². The second-order valence-corrected chi connectivity index (χ2v) is 3.05. The molecule has 0 bridgehead atoms. The van der Waals surface area contributed by atoms with Crippen LogP contribution in [0.1, 0.15) is 12.8 Å². The maximum absolute atomic E-state index is 13.1. The number of halogens is 1. The highest BCUT2D eigenvalue weighted by Crippen LogP contribution is 2.28. The summed E-state index contributed by atoms with van der Waals surface area (Å²) in [6.07, 6.45) is 2.89. The Bertz CT molecular complexity index is 379. The summed E-state index contributed by atoms with van der Waals surface area (Å²) in [7, 11) is 0. The minimum atomic E-state index is -0.746. The van der Waals surface area contributed by atoms with Crippen LogP contribution in [0.3, 0.4) is 0 Å². The summed E-state index contributed by atoms with van der Waals surface area (Å²) in [5, 5.41) is 10.2. The molecule has 1 aromatic rings. The van der Waals surface area contributed by atoms with Gasteiger partial charge in [0.25, 0.3) is 0 Å². The molecule has 14 heavy (non-hydrogen) atoms. The Balaban J connectivity index is 2.21. The zero-order valence-corrected chi connectivity index (χ0v) is 7.14. The monoisotopic (exact) mass is 198 g/mol. The van der Waals surface area contributed by atoms with Gasteiger partial charge in [-0.2, -0.15) is 0 Å². The van der Waals surface area contributed by atoms with Gasteiger partial charge in [0.05, 0.1) is 12.2 Å². The molecule has 5 nitrogen and oxygen atoms in total. The van der Waals surface area contributed by atoms with Crippen LogP contribution in [0.2, 0.25) is 0 Å². The second kappa shape index (κ2) is 3.21. The van der Waals surface area contributed by atoms with Crippen LogP contribution < -0.4 is 4.74 Å². The number of hydrogen-bond acceptors (Lipinski definition) is 4. The Morgan fingerprint density at radius 3 is 2.86 bits per heavy atom. The average molecular weight is 198 g/mol. The number of ether oxygens (including phenoxy) is 1. The van der Waals surface area contributed by atoms with Crippen molar-refractivity contribution in [2.45, 2.75) is 18.9 Å². The summed E-state index contributed by atoms with van der Waals surface area (Å²) in [5.41, 5.74) is 0. The molecular weight excluding hydrogens is 191 g/mol. The molecule has 1 heterocycles. The van der Waals surface area contributed by atoms with Crippen LogP contribution in [0.4, 0.5) is 10.2 Å². The quantitative estimate of drug-likeness (QED) is 0.547. The highest BCUT2D eigenvalue weighted by atomic mass is 19.1. The molecule has 6 heteroatoms. The van der Waals surface area contributed by atoms with Crippen molar-refractivity contribution in [2.24, 2.45) is 0 Å². The van der Waals surface area contributed by atoms with E-state index in [-0.39, 0.29) is 11.9 Å². The van der Waals surface area contributed by atoms with Crippen molar-refractivity contribution in [3.63, 3.8) is 0 Å². The van der Waals surface area contributed by atoms with Crippen LogP contribution in [0.25, 0.3) is 0 Å². The maximum atomic E-state index is 13.1. The van der Waals surface area contributed by atoms with E-state index in [1.54, 1.807) is 0 Å². The van der Waals surface area contributed by atoms with Crippen LogP contribution in [-0.2, 0) is 0 Å². The highest BCUT2D eigenvalue weighted by molar-refractivity contribution is 5.29. The van der Waals surface area contributed by atoms with E-state index in [0.29, 0.717) is 0 Å². The first-order valence-corrected chi connectivity index (χ1v) is 4.13. The topological polar surface area (TPSA) is 65.3 Å². The average Bonchev–Trinajstić information content (AvgIpc) is 2.92. The maximum Gasteiger partial charge on any atom is 0.366 e. The van der Waals surface area contributed by atoms with E-state index in [4.69, 9.17) is 4.74 Å². The van der Waals surface area contributed by atoms with Crippen LogP contribution in [0.5, 0.6) is 5.75 Å². The van der Waals surface area contributed by atoms with E-state index < -0.39 is 16.6 Å². The third-order valence-corrected chi connectivity index (χ3v) is 1.81. The number of hydrogen-bond donors (Lipinski definition) is 0. The lowest BCUT2D eigenvalue weighted by molar-refractivity contribution is -0.389. The van der Waals surface area contributed by atoms with E-state index in [0.717, 1.165) is 25.1 Å². The SMILES string of the molecule is O=[N+]([O-])c1cc(F)c(OC2CC2)cn1. The zero-order valence-electron chi connectivity index (χ0n) is 7.14. The molecule has 0 N–H and O–H groups in total. The largest absolute Gasteiger partial charge is 0.484 e. The van der Waals surface area contributed by atoms with Gasteiger partial charge < -0.3 is 14.9 Å². The predicted octanol–water partition coefficient (Wildman–Crippen LogP) is 1.67. The Morgan fingerprint density at radius 2 is 2.36 bits per heavy atom. The van der Waals surface area contributed by atoms with E-state index >= 15 is 0 Å². The van der Waals surface area contributed by atoms with Gasteiger partial charge >= 0.3 is 5.82 Å². The second-order valence-electron chi connectivity index (χ2n) is 3.05. The molecule has 1 aromatic heterocycles. The molecule has 0 aromatic carbocycles. The molecule has 0 saturated heterocycles. The first-order chi connectivity index (χ1) is 6.66. The van der Waals surface area contributed by atoms with Gasteiger partial charge in [-0.3, -0.25) is 0 Å². The number of aromatic nitrogens is 1. The summed E-state index contributed by atoms with van der Waals surface area (Å²) in [5.74, 6) is -1.26. The summed E-state index contributed by atoms with van der Waals surface area (Å²) >= 11 is 0. The molecule has 1 saturated carbocycles. The molecule has 0 atom stereocenters. The molecule has 0 radical (unpaired) electrons. The van der Waals surface area contributed by atoms with Crippen molar-refractivity contribution < 1.29 is 14.1 Å². The van der Waals surface area contributed by atoms with Gasteiger partial charge in [-0.25, -0.2) is 4.39 Å². The van der Waals surface area contributed by atoms with Crippen molar-refractivity contribution in [3.8, 4) is 5.75 Å². The molecule has 1 fully saturated rings. The first kappa shape index (κ1) is 8.86. The lowest BCUT2D eigenvalue weighted by Crippen LogP contribution is -2.00. The highest BCUT2D eigenvalue weighted by Gasteiger charge is 2.26.